The molecule has 34 heavy (non-hydrogen) atoms. The van der Waals surface area contributed by atoms with Crippen molar-refractivity contribution in [1.29, 1.82) is 0 Å². The van der Waals surface area contributed by atoms with Gasteiger partial charge in [0.25, 0.3) is 5.91 Å². The molecule has 3 aromatic heterocycles. The normalized spacial score (nSPS) is 29.5. The van der Waals surface area contributed by atoms with Gasteiger partial charge in [-0.15, -0.1) is 0 Å². The SMILES string of the molecule is CNC(=O)c1cc(C)c(Nc2ncc3c(n2)n(C24CC5CC(CC(O)(C5)C2)C4)c(=O)n3C)cn1. The van der Waals surface area contributed by atoms with Crippen molar-refractivity contribution < 1.29 is 9.90 Å². The van der Waals surface area contributed by atoms with E-state index in [2.05, 4.69) is 20.6 Å². The molecule has 0 radical (unpaired) electrons. The molecule has 3 heterocycles. The van der Waals surface area contributed by atoms with Crippen LogP contribution in [0, 0.1) is 18.8 Å². The fourth-order valence-corrected chi connectivity index (χ4v) is 7.09. The van der Waals surface area contributed by atoms with Crippen LogP contribution in [0.1, 0.15) is 54.6 Å². The smallest absolute Gasteiger partial charge is 0.330 e. The van der Waals surface area contributed by atoms with Gasteiger partial charge in [-0.3, -0.25) is 13.9 Å². The predicted molar refractivity (Wildman–Crippen MR) is 126 cm³/mol. The van der Waals surface area contributed by atoms with Gasteiger partial charge in [0.05, 0.1) is 29.2 Å². The van der Waals surface area contributed by atoms with E-state index in [0.717, 1.165) is 37.7 Å². The number of amides is 1. The van der Waals surface area contributed by atoms with Gasteiger partial charge in [-0.05, 0) is 68.9 Å². The number of nitrogens with one attached hydrogen (secondary N) is 2. The molecule has 178 valence electrons. The maximum atomic E-state index is 13.5. The summed E-state index contributed by atoms with van der Waals surface area (Å²) in [7, 11) is 3.31. The summed E-state index contributed by atoms with van der Waals surface area (Å²) in [5, 5.41) is 17.0. The van der Waals surface area contributed by atoms with Crippen molar-refractivity contribution in [3.05, 3.63) is 40.2 Å². The lowest BCUT2D eigenvalue weighted by molar-refractivity contribution is -0.156. The van der Waals surface area contributed by atoms with E-state index in [1.807, 2.05) is 11.5 Å². The van der Waals surface area contributed by atoms with E-state index in [9.17, 15) is 14.7 Å². The highest BCUT2D eigenvalue weighted by Crippen LogP contribution is 2.60. The van der Waals surface area contributed by atoms with Crippen LogP contribution in [0.5, 0.6) is 0 Å². The Hall–Kier alpha value is -3.27. The molecule has 4 fully saturated rings. The minimum absolute atomic E-state index is 0.111. The van der Waals surface area contributed by atoms with E-state index in [1.165, 1.54) is 0 Å². The molecule has 7 rings (SSSR count). The second-order valence-corrected chi connectivity index (χ2v) is 10.6. The number of rotatable bonds is 4. The van der Waals surface area contributed by atoms with Crippen LogP contribution in [-0.4, -0.2) is 47.7 Å². The zero-order valence-corrected chi connectivity index (χ0v) is 19.6. The second kappa shape index (κ2) is 7.11. The summed E-state index contributed by atoms with van der Waals surface area (Å²) in [4.78, 5) is 38.8. The monoisotopic (exact) mass is 463 g/mol. The van der Waals surface area contributed by atoms with Gasteiger partial charge in [0.2, 0.25) is 5.95 Å². The Morgan fingerprint density at radius 1 is 1.18 bits per heavy atom. The molecule has 3 aromatic rings. The average Bonchev–Trinajstić information content (AvgIpc) is 3.03. The first-order valence-electron chi connectivity index (χ1n) is 11.8. The average molecular weight is 464 g/mol. The first-order valence-corrected chi connectivity index (χ1v) is 11.8. The summed E-state index contributed by atoms with van der Waals surface area (Å²) in [6, 6.07) is 1.70. The van der Waals surface area contributed by atoms with Gasteiger partial charge in [-0.2, -0.15) is 4.98 Å². The molecule has 0 aromatic carbocycles. The number of nitrogens with zero attached hydrogens (tertiary/aromatic N) is 5. The van der Waals surface area contributed by atoms with Gasteiger partial charge in [0, 0.05) is 14.1 Å². The van der Waals surface area contributed by atoms with Crippen LogP contribution in [0.3, 0.4) is 0 Å². The van der Waals surface area contributed by atoms with Crippen LogP contribution in [0.25, 0.3) is 11.2 Å². The molecule has 3 N–H and O–H groups in total. The number of aromatic nitrogens is 5. The zero-order valence-electron chi connectivity index (χ0n) is 19.6. The number of aliphatic hydroxyl groups is 1. The van der Waals surface area contributed by atoms with Gasteiger partial charge in [-0.1, -0.05) is 0 Å². The number of fused-ring (bicyclic) bond motifs is 1. The molecule has 4 aliphatic rings. The number of carbonyl (C=O) groups excluding carboxylic acids is 1. The number of anilines is 2. The van der Waals surface area contributed by atoms with E-state index in [-0.39, 0.29) is 11.6 Å². The van der Waals surface area contributed by atoms with Crippen molar-refractivity contribution in [1.82, 2.24) is 29.4 Å². The maximum Gasteiger partial charge on any atom is 0.330 e. The minimum atomic E-state index is -0.685. The van der Waals surface area contributed by atoms with Crippen LogP contribution in [0.15, 0.2) is 23.3 Å². The lowest BCUT2D eigenvalue weighted by Crippen LogP contribution is -2.61. The highest BCUT2D eigenvalue weighted by molar-refractivity contribution is 5.92. The quantitative estimate of drug-likeness (QED) is 0.540. The Morgan fingerprint density at radius 3 is 2.56 bits per heavy atom. The number of hydrogen-bond donors (Lipinski definition) is 3. The highest BCUT2D eigenvalue weighted by atomic mass is 16.3. The van der Waals surface area contributed by atoms with Crippen LogP contribution in [0.4, 0.5) is 11.6 Å². The van der Waals surface area contributed by atoms with Crippen molar-refractivity contribution in [2.75, 3.05) is 12.4 Å². The minimum Gasteiger partial charge on any atom is -0.390 e. The fraction of sp³-hybridized carbons (Fsp3) is 0.542. The summed E-state index contributed by atoms with van der Waals surface area (Å²) in [6.45, 7) is 1.88. The van der Waals surface area contributed by atoms with Gasteiger partial charge < -0.3 is 15.7 Å². The Morgan fingerprint density at radius 2 is 1.91 bits per heavy atom. The van der Waals surface area contributed by atoms with E-state index in [4.69, 9.17) is 4.98 Å². The Balaban J connectivity index is 1.42. The molecule has 2 atom stereocenters. The molecule has 1 amide bonds. The van der Waals surface area contributed by atoms with E-state index >= 15 is 0 Å². The molecule has 0 spiro atoms. The van der Waals surface area contributed by atoms with Gasteiger partial charge in [0.15, 0.2) is 5.65 Å². The maximum absolute atomic E-state index is 13.5. The van der Waals surface area contributed by atoms with Crippen molar-refractivity contribution >= 4 is 28.7 Å². The lowest BCUT2D eigenvalue weighted by atomic mass is 9.51. The third-order valence-electron chi connectivity index (χ3n) is 8.09. The first-order chi connectivity index (χ1) is 16.2. The third kappa shape index (κ3) is 3.08. The van der Waals surface area contributed by atoms with E-state index in [0.29, 0.717) is 46.8 Å². The lowest BCUT2D eigenvalue weighted by Gasteiger charge is -2.60. The van der Waals surface area contributed by atoms with Crippen molar-refractivity contribution in [2.45, 2.75) is 56.6 Å². The molecule has 10 heteroatoms. The molecule has 4 aliphatic carbocycles. The van der Waals surface area contributed by atoms with Crippen LogP contribution in [0.2, 0.25) is 0 Å². The van der Waals surface area contributed by atoms with Crippen molar-refractivity contribution in [2.24, 2.45) is 18.9 Å². The second-order valence-electron chi connectivity index (χ2n) is 10.6. The number of aryl methyl sites for hydroxylation is 2. The first kappa shape index (κ1) is 21.3. The number of hydrogen-bond acceptors (Lipinski definition) is 7. The van der Waals surface area contributed by atoms with Gasteiger partial charge in [-0.25, -0.2) is 14.8 Å². The summed E-state index contributed by atoms with van der Waals surface area (Å²) < 4.78 is 3.45. The Labute approximate surface area is 196 Å². The standard InChI is InChI=1S/C24H29N7O3/c1-13-4-16(20(32)25-2)26-10-17(13)28-21-27-11-18-19(29-21)31(22(33)30(18)3)23-6-14-5-15(7-23)9-24(34,8-14)12-23/h4,10-11,14-15,34H,5-9,12H2,1-3H3,(H,25,32)(H,27,28,29). The van der Waals surface area contributed by atoms with E-state index < -0.39 is 11.1 Å². The van der Waals surface area contributed by atoms with Crippen LogP contribution < -0.4 is 16.3 Å². The largest absolute Gasteiger partial charge is 0.390 e. The number of pyridine rings is 1. The zero-order chi connectivity index (χ0) is 23.8. The Kier molecular flexibility index (Phi) is 4.45. The number of imidazole rings is 1. The van der Waals surface area contributed by atoms with Crippen molar-refractivity contribution in [3.63, 3.8) is 0 Å². The van der Waals surface area contributed by atoms with Crippen LogP contribution in [-0.2, 0) is 12.6 Å². The number of carbonyl (C=O) groups is 1. The Bertz CT molecular complexity index is 1380. The third-order valence-corrected chi connectivity index (χ3v) is 8.09. The summed E-state index contributed by atoms with van der Waals surface area (Å²) in [5.74, 6) is 0.992. The molecule has 10 nitrogen and oxygen atoms in total. The van der Waals surface area contributed by atoms with Gasteiger partial charge in [0.1, 0.15) is 11.2 Å². The molecule has 4 saturated carbocycles. The molecule has 4 bridgehead atoms. The predicted octanol–water partition coefficient (Wildman–Crippen LogP) is 1.98. The summed E-state index contributed by atoms with van der Waals surface area (Å²) >= 11 is 0. The van der Waals surface area contributed by atoms with Crippen LogP contribution >= 0.6 is 0 Å². The molecule has 0 saturated heterocycles. The topological polar surface area (TPSA) is 127 Å². The molecule has 0 aliphatic heterocycles. The fourth-order valence-electron chi connectivity index (χ4n) is 7.09. The van der Waals surface area contributed by atoms with E-state index in [1.54, 1.807) is 37.1 Å². The molecular weight excluding hydrogens is 434 g/mol. The molecular formula is C24H29N7O3. The van der Waals surface area contributed by atoms with Gasteiger partial charge >= 0.3 is 5.69 Å². The molecule has 2 unspecified atom stereocenters. The summed E-state index contributed by atoms with van der Waals surface area (Å²) in [5.41, 5.74) is 1.89. The highest BCUT2D eigenvalue weighted by Gasteiger charge is 2.59. The summed E-state index contributed by atoms with van der Waals surface area (Å²) in [6.07, 6.45) is 8.48. The van der Waals surface area contributed by atoms with Crippen molar-refractivity contribution in [3.8, 4) is 0 Å².